The second-order valence-electron chi connectivity index (χ2n) is 3.99. The van der Waals surface area contributed by atoms with Crippen LogP contribution in [0.3, 0.4) is 0 Å². The Labute approximate surface area is 111 Å². The van der Waals surface area contributed by atoms with Crippen molar-refractivity contribution in [2.24, 2.45) is 0 Å². The molecular weight excluding hydrogens is 284 g/mol. The lowest BCUT2D eigenvalue weighted by Gasteiger charge is -2.16. The highest BCUT2D eigenvalue weighted by Crippen LogP contribution is 2.38. The molecule has 0 saturated carbocycles. The molecule has 1 heterocycles. The van der Waals surface area contributed by atoms with Crippen molar-refractivity contribution >= 4 is 28.2 Å². The van der Waals surface area contributed by atoms with Crippen molar-refractivity contribution in [3.8, 4) is 0 Å². The van der Waals surface area contributed by atoms with Gasteiger partial charge in [-0.1, -0.05) is 11.6 Å². The highest BCUT2D eigenvalue weighted by molar-refractivity contribution is 6.35. The monoisotopic (exact) mass is 292 g/mol. The zero-order valence-corrected chi connectivity index (χ0v) is 10.7. The predicted molar refractivity (Wildman–Crippen MR) is 66.0 cm³/mol. The Bertz CT molecular complexity index is 652. The van der Waals surface area contributed by atoms with E-state index in [1.165, 1.54) is 14.0 Å². The van der Waals surface area contributed by atoms with Gasteiger partial charge in [-0.15, -0.1) is 0 Å². The Hall–Kier alpha value is -1.56. The summed E-state index contributed by atoms with van der Waals surface area (Å²) in [6, 6.07) is 2.04. The van der Waals surface area contributed by atoms with E-state index in [9.17, 15) is 17.6 Å². The third-order valence-corrected chi connectivity index (χ3v) is 3.06. The van der Waals surface area contributed by atoms with E-state index < -0.39 is 17.7 Å². The maximum Gasteiger partial charge on any atom is 0.433 e. The molecule has 19 heavy (non-hydrogen) atoms. The summed E-state index contributed by atoms with van der Waals surface area (Å²) in [5, 5.41) is 2.70. The number of fused-ring (bicyclic) bond motifs is 1. The molecule has 1 aromatic carbocycles. The predicted octanol–water partition coefficient (Wildman–Crippen LogP) is 4.40. The molecule has 1 aromatic heterocycles. The molecule has 0 spiro atoms. The normalized spacial score (nSPS) is 11.9. The average molecular weight is 293 g/mol. The first-order chi connectivity index (χ1) is 8.75. The van der Waals surface area contributed by atoms with E-state index in [0.717, 1.165) is 12.1 Å². The van der Waals surface area contributed by atoms with Crippen molar-refractivity contribution in [2.45, 2.75) is 13.1 Å². The van der Waals surface area contributed by atoms with Crippen LogP contribution in [0.2, 0.25) is 5.02 Å². The first-order valence-corrected chi connectivity index (χ1v) is 5.67. The van der Waals surface area contributed by atoms with Crippen LogP contribution in [-0.2, 0) is 6.18 Å². The second kappa shape index (κ2) is 4.52. The summed E-state index contributed by atoms with van der Waals surface area (Å²) in [7, 11) is 1.46. The van der Waals surface area contributed by atoms with Crippen LogP contribution >= 0.6 is 11.6 Å². The van der Waals surface area contributed by atoms with Gasteiger partial charge in [-0.2, -0.15) is 13.2 Å². The fourth-order valence-corrected chi connectivity index (χ4v) is 2.23. The maximum atomic E-state index is 13.3. The van der Waals surface area contributed by atoms with Crippen molar-refractivity contribution in [3.63, 3.8) is 0 Å². The van der Waals surface area contributed by atoms with Gasteiger partial charge in [0.1, 0.15) is 11.5 Å². The van der Waals surface area contributed by atoms with E-state index in [1.54, 1.807) is 0 Å². The number of rotatable bonds is 1. The molecule has 0 saturated heterocycles. The Morgan fingerprint density at radius 1 is 1.26 bits per heavy atom. The number of anilines is 1. The summed E-state index contributed by atoms with van der Waals surface area (Å²) in [5.74, 6) is -0.630. The van der Waals surface area contributed by atoms with Gasteiger partial charge in [0.25, 0.3) is 0 Å². The quantitative estimate of drug-likeness (QED) is 0.788. The van der Waals surface area contributed by atoms with Crippen LogP contribution in [0.15, 0.2) is 12.1 Å². The van der Waals surface area contributed by atoms with Crippen molar-refractivity contribution in [2.75, 3.05) is 12.4 Å². The van der Waals surface area contributed by atoms with Gasteiger partial charge < -0.3 is 5.32 Å². The lowest BCUT2D eigenvalue weighted by Crippen LogP contribution is -2.12. The summed E-state index contributed by atoms with van der Waals surface area (Å²) in [6.07, 6.45) is -4.60. The van der Waals surface area contributed by atoms with Crippen molar-refractivity contribution in [1.29, 1.82) is 0 Å². The van der Waals surface area contributed by atoms with Crippen LogP contribution in [0.25, 0.3) is 10.9 Å². The smallest absolute Gasteiger partial charge is 0.387 e. The Kier molecular flexibility index (Phi) is 3.30. The summed E-state index contributed by atoms with van der Waals surface area (Å²) < 4.78 is 52.0. The van der Waals surface area contributed by atoms with Gasteiger partial charge in [0.15, 0.2) is 0 Å². The number of hydrogen-bond donors (Lipinski definition) is 1. The van der Waals surface area contributed by atoms with Gasteiger partial charge in [-0.05, 0) is 19.1 Å². The van der Waals surface area contributed by atoms with Crippen molar-refractivity contribution < 1.29 is 17.6 Å². The first-order valence-electron chi connectivity index (χ1n) is 5.30. The average Bonchev–Trinajstić information content (AvgIpc) is 2.26. The van der Waals surface area contributed by atoms with Crippen molar-refractivity contribution in [1.82, 2.24) is 4.98 Å². The Morgan fingerprint density at radius 2 is 1.89 bits per heavy atom. The minimum absolute atomic E-state index is 0.0784. The minimum atomic E-state index is -4.60. The highest BCUT2D eigenvalue weighted by atomic mass is 35.5. The molecule has 102 valence electrons. The van der Waals surface area contributed by atoms with Crippen molar-refractivity contribution in [3.05, 3.63) is 34.2 Å². The Balaban J connectivity index is 2.95. The maximum absolute atomic E-state index is 13.3. The SMILES string of the molecule is CNc1c(C)c(C(F)(F)F)nc2c(Cl)cc(F)cc12. The number of hydrogen-bond acceptors (Lipinski definition) is 2. The fraction of sp³-hybridized carbons (Fsp3) is 0.250. The fourth-order valence-electron chi connectivity index (χ4n) is 1.98. The molecule has 7 heteroatoms. The summed E-state index contributed by atoms with van der Waals surface area (Å²) in [4.78, 5) is 3.53. The summed E-state index contributed by atoms with van der Waals surface area (Å²) >= 11 is 5.77. The van der Waals surface area contributed by atoms with Gasteiger partial charge in [-0.3, -0.25) is 0 Å². The molecule has 0 amide bonds. The molecule has 0 radical (unpaired) electrons. The minimum Gasteiger partial charge on any atom is -0.387 e. The van der Waals surface area contributed by atoms with Crippen LogP contribution in [-0.4, -0.2) is 12.0 Å². The molecule has 2 nitrogen and oxygen atoms in total. The topological polar surface area (TPSA) is 24.9 Å². The highest BCUT2D eigenvalue weighted by Gasteiger charge is 2.36. The van der Waals surface area contributed by atoms with Gasteiger partial charge in [0, 0.05) is 23.7 Å². The second-order valence-corrected chi connectivity index (χ2v) is 4.40. The molecule has 0 aliphatic carbocycles. The number of alkyl halides is 3. The van der Waals surface area contributed by atoms with Gasteiger partial charge in [0.2, 0.25) is 0 Å². The zero-order valence-electron chi connectivity index (χ0n) is 9.99. The summed E-state index contributed by atoms with van der Waals surface area (Å²) in [5.41, 5.74) is -1.04. The van der Waals surface area contributed by atoms with Crippen LogP contribution < -0.4 is 5.32 Å². The first kappa shape index (κ1) is 13.9. The van der Waals surface area contributed by atoms with E-state index in [0.29, 0.717) is 0 Å². The zero-order chi connectivity index (χ0) is 14.4. The molecule has 0 atom stereocenters. The van der Waals surface area contributed by atoms with Gasteiger partial charge in [-0.25, -0.2) is 9.37 Å². The van der Waals surface area contributed by atoms with Gasteiger partial charge >= 0.3 is 6.18 Å². The van der Waals surface area contributed by atoms with E-state index in [-0.39, 0.29) is 27.2 Å². The molecule has 0 bridgehead atoms. The van der Waals surface area contributed by atoms with E-state index in [1.807, 2.05) is 0 Å². The number of halogens is 5. The number of nitrogens with one attached hydrogen (secondary N) is 1. The number of aromatic nitrogens is 1. The number of pyridine rings is 1. The molecule has 2 rings (SSSR count). The van der Waals surface area contributed by atoms with E-state index in [2.05, 4.69) is 10.3 Å². The van der Waals surface area contributed by atoms with E-state index in [4.69, 9.17) is 11.6 Å². The molecule has 1 N–H and O–H groups in total. The third-order valence-electron chi connectivity index (χ3n) is 2.77. The van der Waals surface area contributed by atoms with Crippen LogP contribution in [0.5, 0.6) is 0 Å². The third kappa shape index (κ3) is 2.32. The number of benzene rings is 1. The lowest BCUT2D eigenvalue weighted by molar-refractivity contribution is -0.141. The molecule has 0 fully saturated rings. The van der Waals surface area contributed by atoms with Crippen LogP contribution in [0, 0.1) is 12.7 Å². The summed E-state index contributed by atoms with van der Waals surface area (Å²) in [6.45, 7) is 1.28. The molecule has 2 aromatic rings. The Morgan fingerprint density at radius 3 is 2.42 bits per heavy atom. The number of nitrogens with zero attached hydrogens (tertiary/aromatic N) is 1. The molecule has 0 aliphatic heterocycles. The van der Waals surface area contributed by atoms with E-state index >= 15 is 0 Å². The van der Waals surface area contributed by atoms with Gasteiger partial charge in [0.05, 0.1) is 10.5 Å². The van der Waals surface area contributed by atoms with Crippen LogP contribution in [0.1, 0.15) is 11.3 Å². The van der Waals surface area contributed by atoms with Crippen LogP contribution in [0.4, 0.5) is 23.2 Å². The molecule has 0 unspecified atom stereocenters. The molecular formula is C12H9ClF4N2. The largest absolute Gasteiger partial charge is 0.433 e. The molecule has 0 aliphatic rings. The lowest BCUT2D eigenvalue weighted by atomic mass is 10.1. The standard InChI is InChI=1S/C12H9ClF4N2/c1-5-9(18-2)7-3-6(14)4-8(13)10(7)19-11(5)12(15,16)17/h3-4H,1-2H3,(H,18,19).